The lowest BCUT2D eigenvalue weighted by molar-refractivity contribution is 0.600. The number of aromatic nitrogens is 2. The molecule has 3 aromatic rings. The van der Waals surface area contributed by atoms with Gasteiger partial charge in [0, 0.05) is 6.07 Å². The number of halogens is 1. The molecule has 0 atom stereocenters. The molecule has 0 radical (unpaired) electrons. The van der Waals surface area contributed by atoms with Gasteiger partial charge in [0.2, 0.25) is 10.0 Å². The molecule has 7 heteroatoms. The largest absolute Gasteiger partial charge is 0.267 e. The Labute approximate surface area is 139 Å². The molecule has 3 rings (SSSR count). The predicted octanol–water partition coefficient (Wildman–Crippen LogP) is 3.26. The number of sulfonamides is 1. The standard InChI is InChI=1S/C17H16FN3O2S/c1-13-11-17(21(19-13)16-9-7-15(18)8-10-16)20-24(22,23)12-14-5-3-2-4-6-14/h2-11,20H,12H2,1H3. The van der Waals surface area contributed by atoms with E-state index >= 15 is 0 Å². The van der Waals surface area contributed by atoms with Crippen molar-refractivity contribution in [3.63, 3.8) is 0 Å². The maximum absolute atomic E-state index is 13.1. The van der Waals surface area contributed by atoms with Crippen molar-refractivity contribution in [1.29, 1.82) is 0 Å². The Morgan fingerprint density at radius 1 is 1.08 bits per heavy atom. The van der Waals surface area contributed by atoms with Crippen molar-refractivity contribution in [2.45, 2.75) is 12.7 Å². The number of hydrogen-bond donors (Lipinski definition) is 1. The number of rotatable bonds is 5. The molecular formula is C17H16FN3O2S. The summed E-state index contributed by atoms with van der Waals surface area (Å²) < 4.78 is 41.9. The predicted molar refractivity (Wildman–Crippen MR) is 90.9 cm³/mol. The lowest BCUT2D eigenvalue weighted by Crippen LogP contribution is -2.17. The number of nitrogens with zero attached hydrogens (tertiary/aromatic N) is 2. The van der Waals surface area contributed by atoms with Crippen LogP contribution in [-0.2, 0) is 15.8 Å². The van der Waals surface area contributed by atoms with Crippen molar-refractivity contribution in [2.24, 2.45) is 0 Å². The van der Waals surface area contributed by atoms with Crippen molar-refractivity contribution < 1.29 is 12.8 Å². The minimum absolute atomic E-state index is 0.137. The molecular weight excluding hydrogens is 329 g/mol. The summed E-state index contributed by atoms with van der Waals surface area (Å²) in [6.45, 7) is 1.76. The molecule has 2 aromatic carbocycles. The fourth-order valence-electron chi connectivity index (χ4n) is 2.34. The molecule has 0 amide bonds. The quantitative estimate of drug-likeness (QED) is 0.772. The second-order valence-corrected chi connectivity index (χ2v) is 7.13. The maximum Gasteiger partial charge on any atom is 0.238 e. The minimum Gasteiger partial charge on any atom is -0.267 e. The van der Waals surface area contributed by atoms with Crippen LogP contribution in [0.3, 0.4) is 0 Å². The average molecular weight is 345 g/mol. The lowest BCUT2D eigenvalue weighted by atomic mass is 10.2. The Morgan fingerprint density at radius 2 is 1.75 bits per heavy atom. The maximum atomic E-state index is 13.1. The SMILES string of the molecule is Cc1cc(NS(=O)(=O)Cc2ccccc2)n(-c2ccc(F)cc2)n1. The van der Waals surface area contributed by atoms with Crippen molar-refractivity contribution >= 4 is 15.8 Å². The Hall–Kier alpha value is -2.67. The smallest absolute Gasteiger partial charge is 0.238 e. The first kappa shape index (κ1) is 16.2. The van der Waals surface area contributed by atoms with Gasteiger partial charge in [-0.1, -0.05) is 30.3 Å². The number of nitrogens with one attached hydrogen (secondary N) is 1. The zero-order valence-corrected chi connectivity index (χ0v) is 13.8. The summed E-state index contributed by atoms with van der Waals surface area (Å²) in [5.74, 6) is -0.189. The zero-order valence-electron chi connectivity index (χ0n) is 13.0. The van der Waals surface area contributed by atoms with Crippen LogP contribution in [0.5, 0.6) is 0 Å². The van der Waals surface area contributed by atoms with Crippen LogP contribution in [0.1, 0.15) is 11.3 Å². The number of benzene rings is 2. The molecule has 24 heavy (non-hydrogen) atoms. The fourth-order valence-corrected chi connectivity index (χ4v) is 3.51. The summed E-state index contributed by atoms with van der Waals surface area (Å²) in [5.41, 5.74) is 1.91. The molecule has 0 aliphatic heterocycles. The van der Waals surface area contributed by atoms with Crippen molar-refractivity contribution in [3.05, 3.63) is 77.7 Å². The van der Waals surface area contributed by atoms with Crippen LogP contribution in [0.2, 0.25) is 0 Å². The molecule has 0 aliphatic carbocycles. The molecule has 0 saturated carbocycles. The zero-order chi connectivity index (χ0) is 17.2. The first-order chi connectivity index (χ1) is 11.4. The van der Waals surface area contributed by atoms with Gasteiger partial charge in [-0.25, -0.2) is 17.5 Å². The summed E-state index contributed by atoms with van der Waals surface area (Å²) in [5, 5.41) is 4.27. The molecule has 0 spiro atoms. The van der Waals surface area contributed by atoms with Crippen LogP contribution in [-0.4, -0.2) is 18.2 Å². The Kier molecular flexibility index (Phi) is 4.35. The summed E-state index contributed by atoms with van der Waals surface area (Å²) >= 11 is 0. The highest BCUT2D eigenvalue weighted by Crippen LogP contribution is 2.19. The van der Waals surface area contributed by atoms with E-state index < -0.39 is 10.0 Å². The summed E-state index contributed by atoms with van der Waals surface area (Å²) in [7, 11) is -3.60. The van der Waals surface area contributed by atoms with E-state index in [1.54, 1.807) is 37.3 Å². The van der Waals surface area contributed by atoms with Gasteiger partial charge in [-0.2, -0.15) is 5.10 Å². The van der Waals surface area contributed by atoms with Gasteiger partial charge < -0.3 is 0 Å². The van der Waals surface area contributed by atoms with Crippen molar-refractivity contribution in [1.82, 2.24) is 9.78 Å². The van der Waals surface area contributed by atoms with Gasteiger partial charge >= 0.3 is 0 Å². The minimum atomic E-state index is -3.60. The molecule has 0 saturated heterocycles. The molecule has 1 N–H and O–H groups in total. The second-order valence-electron chi connectivity index (χ2n) is 5.41. The summed E-state index contributed by atoms with van der Waals surface area (Å²) in [6.07, 6.45) is 0. The van der Waals surface area contributed by atoms with Crippen LogP contribution in [0.25, 0.3) is 5.69 Å². The normalized spacial score (nSPS) is 11.4. The van der Waals surface area contributed by atoms with E-state index in [0.717, 1.165) is 0 Å². The van der Waals surface area contributed by atoms with E-state index in [-0.39, 0.29) is 11.6 Å². The van der Waals surface area contributed by atoms with Crippen LogP contribution in [0.15, 0.2) is 60.7 Å². The number of aryl methyl sites for hydroxylation is 1. The Morgan fingerprint density at radius 3 is 2.42 bits per heavy atom. The first-order valence-corrected chi connectivity index (χ1v) is 8.95. The van der Waals surface area contributed by atoms with Gasteiger partial charge in [0.05, 0.1) is 17.1 Å². The molecule has 1 aromatic heterocycles. The van der Waals surface area contributed by atoms with Crippen LogP contribution in [0, 0.1) is 12.7 Å². The third kappa shape index (κ3) is 3.80. The van der Waals surface area contributed by atoms with E-state index in [0.29, 0.717) is 22.8 Å². The van der Waals surface area contributed by atoms with Crippen molar-refractivity contribution in [3.8, 4) is 5.69 Å². The van der Waals surface area contributed by atoms with E-state index in [1.165, 1.54) is 28.9 Å². The lowest BCUT2D eigenvalue weighted by Gasteiger charge is -2.10. The molecule has 0 bridgehead atoms. The van der Waals surface area contributed by atoms with Gasteiger partial charge in [0.25, 0.3) is 0 Å². The number of anilines is 1. The van der Waals surface area contributed by atoms with Gasteiger partial charge in [-0.15, -0.1) is 0 Å². The highest BCUT2D eigenvalue weighted by molar-refractivity contribution is 7.91. The van der Waals surface area contributed by atoms with E-state index in [4.69, 9.17) is 0 Å². The summed E-state index contributed by atoms with van der Waals surface area (Å²) in [4.78, 5) is 0. The highest BCUT2D eigenvalue weighted by Gasteiger charge is 2.16. The molecule has 0 fully saturated rings. The van der Waals surface area contributed by atoms with Gasteiger partial charge in [-0.05, 0) is 36.8 Å². The second kappa shape index (κ2) is 6.45. The third-order valence-corrected chi connectivity index (χ3v) is 4.60. The molecule has 1 heterocycles. The van der Waals surface area contributed by atoms with E-state index in [9.17, 15) is 12.8 Å². The topological polar surface area (TPSA) is 64.0 Å². The Balaban J connectivity index is 1.89. The van der Waals surface area contributed by atoms with Crippen LogP contribution >= 0.6 is 0 Å². The summed E-state index contributed by atoms with van der Waals surface area (Å²) in [6, 6.07) is 16.2. The fraction of sp³-hybridized carbons (Fsp3) is 0.118. The van der Waals surface area contributed by atoms with Gasteiger partial charge in [-0.3, -0.25) is 4.72 Å². The van der Waals surface area contributed by atoms with Gasteiger partial charge in [0.15, 0.2) is 0 Å². The molecule has 5 nitrogen and oxygen atoms in total. The Bertz CT molecular complexity index is 936. The third-order valence-electron chi connectivity index (χ3n) is 3.36. The van der Waals surface area contributed by atoms with E-state index in [2.05, 4.69) is 9.82 Å². The highest BCUT2D eigenvalue weighted by atomic mass is 32.2. The number of hydrogen-bond acceptors (Lipinski definition) is 3. The van der Waals surface area contributed by atoms with Crippen LogP contribution < -0.4 is 4.72 Å². The van der Waals surface area contributed by atoms with Gasteiger partial charge in [0.1, 0.15) is 11.6 Å². The van der Waals surface area contributed by atoms with Crippen LogP contribution in [0.4, 0.5) is 10.2 Å². The average Bonchev–Trinajstić information content (AvgIpc) is 2.88. The van der Waals surface area contributed by atoms with E-state index in [1.807, 2.05) is 6.07 Å². The molecule has 124 valence electrons. The molecule has 0 aliphatic rings. The monoisotopic (exact) mass is 345 g/mol. The first-order valence-electron chi connectivity index (χ1n) is 7.30. The van der Waals surface area contributed by atoms with Crippen molar-refractivity contribution in [2.75, 3.05) is 4.72 Å². The molecule has 0 unspecified atom stereocenters.